The summed E-state index contributed by atoms with van der Waals surface area (Å²) < 4.78 is 5.66. The summed E-state index contributed by atoms with van der Waals surface area (Å²) in [5.74, 6) is 2.67. The maximum Gasteiger partial charge on any atom is 0.254 e. The van der Waals surface area contributed by atoms with Crippen molar-refractivity contribution in [1.29, 1.82) is 0 Å². The molecule has 3 saturated heterocycles. The summed E-state index contributed by atoms with van der Waals surface area (Å²) in [6, 6.07) is 10.0. The molecule has 3 fully saturated rings. The van der Waals surface area contributed by atoms with E-state index in [9.17, 15) is 4.79 Å². The Morgan fingerprint density at radius 1 is 1.11 bits per heavy atom. The third kappa shape index (κ3) is 3.48. The molecule has 1 amide bonds. The van der Waals surface area contributed by atoms with Gasteiger partial charge in [0.15, 0.2) is 0 Å². The fourth-order valence-electron chi connectivity index (χ4n) is 4.09. The Balaban J connectivity index is 1.44. The molecule has 2 bridgehead atoms. The van der Waals surface area contributed by atoms with E-state index in [-0.39, 0.29) is 24.1 Å². The predicted octanol–water partition coefficient (Wildman–Crippen LogP) is 2.98. The van der Waals surface area contributed by atoms with Crippen molar-refractivity contribution in [1.82, 2.24) is 14.9 Å². The lowest BCUT2D eigenvalue weighted by molar-refractivity contribution is 0.00574. The van der Waals surface area contributed by atoms with Gasteiger partial charge in [0, 0.05) is 30.4 Å². The first-order valence-electron chi connectivity index (χ1n) is 9.57. The quantitative estimate of drug-likeness (QED) is 0.833. The number of amides is 1. The molecule has 4 heterocycles. The van der Waals surface area contributed by atoms with Crippen LogP contribution >= 0.6 is 0 Å². The van der Waals surface area contributed by atoms with Crippen LogP contribution in [0.25, 0.3) is 0 Å². The maximum absolute atomic E-state index is 13.0. The van der Waals surface area contributed by atoms with Crippen LogP contribution in [0, 0.1) is 13.8 Å². The Labute approximate surface area is 160 Å². The van der Waals surface area contributed by atoms with Crippen LogP contribution in [0.2, 0.25) is 0 Å². The van der Waals surface area contributed by atoms with Crippen LogP contribution in [0.4, 0.5) is 5.82 Å². The first-order valence-corrected chi connectivity index (χ1v) is 9.57. The van der Waals surface area contributed by atoms with E-state index in [1.165, 1.54) is 0 Å². The van der Waals surface area contributed by atoms with E-state index in [1.54, 1.807) is 0 Å². The van der Waals surface area contributed by atoms with Gasteiger partial charge in [-0.1, -0.05) is 0 Å². The zero-order chi connectivity index (χ0) is 19.1. The normalized spacial score (nSPS) is 21.2. The lowest BCUT2D eigenvalue weighted by atomic mass is 9.86. The van der Waals surface area contributed by atoms with Crippen LogP contribution in [0.3, 0.4) is 0 Å². The van der Waals surface area contributed by atoms with Gasteiger partial charge in [-0.25, -0.2) is 9.97 Å². The van der Waals surface area contributed by atoms with Crippen molar-refractivity contribution < 1.29 is 9.53 Å². The molecular weight excluding hydrogens is 340 g/mol. The number of piperidine rings is 1. The van der Waals surface area contributed by atoms with Crippen molar-refractivity contribution in [3.63, 3.8) is 0 Å². The number of piperazine rings is 1. The van der Waals surface area contributed by atoms with Crippen LogP contribution in [-0.4, -0.2) is 52.1 Å². The molecule has 0 saturated carbocycles. The van der Waals surface area contributed by atoms with Crippen LogP contribution in [0.5, 0.6) is 5.75 Å². The number of benzene rings is 1. The number of anilines is 1. The topological polar surface area (TPSA) is 58.6 Å². The fourth-order valence-corrected chi connectivity index (χ4v) is 4.09. The van der Waals surface area contributed by atoms with Gasteiger partial charge in [0.2, 0.25) is 0 Å². The minimum absolute atomic E-state index is 0.113. The van der Waals surface area contributed by atoms with Crippen LogP contribution < -0.4 is 9.64 Å². The van der Waals surface area contributed by atoms with Crippen molar-refractivity contribution in [2.45, 2.75) is 52.3 Å². The van der Waals surface area contributed by atoms with E-state index in [0.29, 0.717) is 0 Å². The van der Waals surface area contributed by atoms with E-state index in [0.717, 1.165) is 48.2 Å². The third-order valence-corrected chi connectivity index (χ3v) is 5.18. The first kappa shape index (κ1) is 17.8. The number of fused-ring (bicyclic) bond motifs is 2. The molecule has 3 aliphatic heterocycles. The Kier molecular flexibility index (Phi) is 4.50. The molecule has 2 aromatic rings. The third-order valence-electron chi connectivity index (χ3n) is 5.18. The second-order valence-corrected chi connectivity index (χ2v) is 7.77. The molecule has 5 rings (SSSR count). The fraction of sp³-hybridized carbons (Fsp3) is 0.476. The van der Waals surface area contributed by atoms with Crippen LogP contribution in [-0.2, 0) is 0 Å². The Morgan fingerprint density at radius 3 is 2.37 bits per heavy atom. The molecule has 1 aromatic heterocycles. The van der Waals surface area contributed by atoms with Crippen LogP contribution in [0.1, 0.15) is 42.1 Å². The van der Waals surface area contributed by atoms with Crippen molar-refractivity contribution in [2.24, 2.45) is 0 Å². The summed E-state index contributed by atoms with van der Waals surface area (Å²) in [4.78, 5) is 26.2. The number of rotatable bonds is 4. The van der Waals surface area contributed by atoms with Gasteiger partial charge in [0.05, 0.1) is 18.2 Å². The second-order valence-electron chi connectivity index (χ2n) is 7.77. The molecule has 27 heavy (non-hydrogen) atoms. The molecule has 1 aromatic carbocycles. The largest absolute Gasteiger partial charge is 0.491 e. The van der Waals surface area contributed by atoms with Gasteiger partial charge in [0.1, 0.15) is 17.4 Å². The highest BCUT2D eigenvalue weighted by atomic mass is 16.5. The molecule has 6 heteroatoms. The zero-order valence-corrected chi connectivity index (χ0v) is 16.3. The summed E-state index contributed by atoms with van der Waals surface area (Å²) in [5, 5.41) is 0. The van der Waals surface area contributed by atoms with E-state index in [4.69, 9.17) is 4.74 Å². The van der Waals surface area contributed by atoms with Crippen molar-refractivity contribution in [3.8, 4) is 5.75 Å². The molecule has 0 N–H and O–H groups in total. The number of carbonyl (C=O) groups is 1. The number of ether oxygens (including phenoxy) is 1. The van der Waals surface area contributed by atoms with Gasteiger partial charge >= 0.3 is 0 Å². The SMILES string of the molecule is Cc1cc(N2CC3CC(C2)N3C(=O)c2ccc(OC(C)C)cc2)nc(C)n1. The van der Waals surface area contributed by atoms with Gasteiger partial charge < -0.3 is 14.5 Å². The average Bonchev–Trinajstić information content (AvgIpc) is 2.61. The van der Waals surface area contributed by atoms with E-state index in [1.807, 2.05) is 62.9 Å². The minimum atomic E-state index is 0.113. The smallest absolute Gasteiger partial charge is 0.254 e. The molecule has 6 nitrogen and oxygen atoms in total. The standard InChI is InChI=1S/C21H26N4O2/c1-13(2)27-19-7-5-16(6-8-19)21(26)25-17-10-18(25)12-24(11-17)20-9-14(3)22-15(4)23-20/h5-9,13,17-18H,10-12H2,1-4H3. The van der Waals surface area contributed by atoms with Gasteiger partial charge in [-0.3, -0.25) is 4.79 Å². The highest BCUT2D eigenvalue weighted by Gasteiger charge is 2.47. The van der Waals surface area contributed by atoms with E-state index >= 15 is 0 Å². The second kappa shape index (κ2) is 6.83. The molecule has 3 aliphatic rings. The van der Waals surface area contributed by atoms with E-state index < -0.39 is 0 Å². The number of aryl methyl sites for hydroxylation is 2. The first-order chi connectivity index (χ1) is 12.9. The van der Waals surface area contributed by atoms with Crippen molar-refractivity contribution in [3.05, 3.63) is 47.4 Å². The Morgan fingerprint density at radius 2 is 1.78 bits per heavy atom. The van der Waals surface area contributed by atoms with Crippen LogP contribution in [0.15, 0.2) is 30.3 Å². The molecule has 2 unspecified atom stereocenters. The molecule has 2 atom stereocenters. The van der Waals surface area contributed by atoms with Crippen molar-refractivity contribution >= 4 is 11.7 Å². The summed E-state index contributed by atoms with van der Waals surface area (Å²) in [6.45, 7) is 9.55. The number of hydrogen-bond donors (Lipinski definition) is 0. The molecular formula is C21H26N4O2. The van der Waals surface area contributed by atoms with Gasteiger partial charge in [-0.15, -0.1) is 0 Å². The monoisotopic (exact) mass is 366 g/mol. The molecule has 0 spiro atoms. The summed E-state index contributed by atoms with van der Waals surface area (Å²) in [7, 11) is 0. The van der Waals surface area contributed by atoms with Crippen molar-refractivity contribution in [2.75, 3.05) is 18.0 Å². The Bertz CT molecular complexity index is 818. The lowest BCUT2D eigenvalue weighted by Gasteiger charge is -2.56. The average molecular weight is 366 g/mol. The van der Waals surface area contributed by atoms with Gasteiger partial charge in [-0.2, -0.15) is 0 Å². The zero-order valence-electron chi connectivity index (χ0n) is 16.3. The van der Waals surface area contributed by atoms with Gasteiger partial charge in [-0.05, 0) is 58.4 Å². The summed E-state index contributed by atoms with van der Waals surface area (Å²) in [6.07, 6.45) is 1.20. The summed E-state index contributed by atoms with van der Waals surface area (Å²) >= 11 is 0. The maximum atomic E-state index is 13.0. The molecule has 142 valence electrons. The molecule has 0 radical (unpaired) electrons. The van der Waals surface area contributed by atoms with Gasteiger partial charge in [0.25, 0.3) is 5.91 Å². The highest BCUT2D eigenvalue weighted by Crippen LogP contribution is 2.35. The number of carbonyl (C=O) groups excluding carboxylic acids is 1. The highest BCUT2D eigenvalue weighted by molar-refractivity contribution is 5.95. The summed E-state index contributed by atoms with van der Waals surface area (Å²) in [5.41, 5.74) is 1.70. The number of hydrogen-bond acceptors (Lipinski definition) is 5. The molecule has 0 aliphatic carbocycles. The Hall–Kier alpha value is -2.63. The number of nitrogens with zero attached hydrogens (tertiary/aromatic N) is 4. The van der Waals surface area contributed by atoms with E-state index in [2.05, 4.69) is 14.9 Å². The number of aromatic nitrogens is 2. The lowest BCUT2D eigenvalue weighted by Crippen LogP contribution is -2.70. The minimum Gasteiger partial charge on any atom is -0.491 e. The predicted molar refractivity (Wildman–Crippen MR) is 104 cm³/mol.